The molecule has 0 saturated heterocycles. The van der Waals surface area contributed by atoms with Crippen LogP contribution in [0.2, 0.25) is 0 Å². The molecule has 0 unspecified atom stereocenters. The van der Waals surface area contributed by atoms with E-state index in [9.17, 15) is 9.59 Å². The van der Waals surface area contributed by atoms with Gasteiger partial charge in [0, 0.05) is 11.1 Å². The predicted molar refractivity (Wildman–Crippen MR) is 97.8 cm³/mol. The van der Waals surface area contributed by atoms with E-state index < -0.39 is 0 Å². The van der Waals surface area contributed by atoms with Gasteiger partial charge in [-0.3, -0.25) is 9.59 Å². The number of aromatic nitrogens is 4. The van der Waals surface area contributed by atoms with Crippen molar-refractivity contribution >= 4 is 12.2 Å². The van der Waals surface area contributed by atoms with Gasteiger partial charge in [0.2, 0.25) is 0 Å². The number of nitrogens with one attached hydrogen (secondary N) is 3. The van der Waals surface area contributed by atoms with E-state index in [4.69, 9.17) is 0 Å². The van der Waals surface area contributed by atoms with Crippen molar-refractivity contribution in [1.29, 1.82) is 0 Å². The van der Waals surface area contributed by atoms with Crippen LogP contribution >= 0.6 is 0 Å². The Morgan fingerprint density at radius 2 is 1.52 bits per heavy atom. The highest BCUT2D eigenvalue weighted by Gasteiger charge is 2.19. The molecule has 0 amide bonds. The highest BCUT2D eigenvalue weighted by atomic mass is 16.1. The average molecular weight is 336 g/mol. The fourth-order valence-electron chi connectivity index (χ4n) is 2.56. The second-order valence-electron chi connectivity index (χ2n) is 6.85. The molecule has 0 aliphatic heterocycles. The van der Waals surface area contributed by atoms with E-state index >= 15 is 0 Å². The average Bonchev–Trinajstić information content (AvgIpc) is 3.02. The van der Waals surface area contributed by atoms with E-state index in [1.54, 1.807) is 18.5 Å². The summed E-state index contributed by atoms with van der Waals surface area (Å²) in [6, 6.07) is 9.34. The zero-order valence-corrected chi connectivity index (χ0v) is 14.4. The summed E-state index contributed by atoms with van der Waals surface area (Å²) in [6.45, 7) is 6.13. The minimum absolute atomic E-state index is 0.156. The lowest BCUT2D eigenvalue weighted by molar-refractivity contribution is 0.571. The fourth-order valence-corrected chi connectivity index (χ4v) is 2.56. The summed E-state index contributed by atoms with van der Waals surface area (Å²) in [6.07, 6.45) is 4.80. The molecule has 25 heavy (non-hydrogen) atoms. The Balaban J connectivity index is 2.14. The van der Waals surface area contributed by atoms with E-state index in [0.29, 0.717) is 5.69 Å². The molecule has 0 fully saturated rings. The number of aromatic amines is 3. The summed E-state index contributed by atoms with van der Waals surface area (Å²) in [7, 11) is 0. The molecule has 0 radical (unpaired) electrons. The number of H-pyrrole nitrogens is 3. The van der Waals surface area contributed by atoms with Gasteiger partial charge in [0.1, 0.15) is 10.7 Å². The summed E-state index contributed by atoms with van der Waals surface area (Å²) in [5.74, 6) is 0. The quantitative estimate of drug-likeness (QED) is 0.644. The predicted octanol–water partition coefficient (Wildman–Crippen LogP) is 0.741. The maximum Gasteiger partial charge on any atom is 0.272 e. The fraction of sp³-hybridized carbons (Fsp3) is 0.211. The smallest absolute Gasteiger partial charge is 0.272 e. The van der Waals surface area contributed by atoms with Gasteiger partial charge >= 0.3 is 0 Å². The van der Waals surface area contributed by atoms with E-state index in [0.717, 1.165) is 11.3 Å². The van der Waals surface area contributed by atoms with Crippen molar-refractivity contribution < 1.29 is 0 Å². The Bertz CT molecular complexity index is 1110. The number of benzene rings is 1. The molecule has 128 valence electrons. The Hall–Kier alpha value is -3.15. The number of rotatable bonds is 2. The van der Waals surface area contributed by atoms with Crippen LogP contribution in [0.4, 0.5) is 0 Å². The third kappa shape index (κ3) is 3.68. The molecule has 0 saturated carbocycles. The van der Waals surface area contributed by atoms with Gasteiger partial charge in [0.25, 0.3) is 11.1 Å². The van der Waals surface area contributed by atoms with Crippen LogP contribution in [-0.2, 0) is 5.41 Å². The van der Waals surface area contributed by atoms with Gasteiger partial charge < -0.3 is 15.0 Å². The molecular weight excluding hydrogens is 316 g/mol. The number of hydrogen-bond donors (Lipinski definition) is 3. The van der Waals surface area contributed by atoms with Crippen LogP contribution in [0.3, 0.4) is 0 Å². The molecule has 0 aliphatic rings. The van der Waals surface area contributed by atoms with E-state index in [1.165, 1.54) is 0 Å². The highest BCUT2D eigenvalue weighted by molar-refractivity contribution is 5.49. The lowest BCUT2D eigenvalue weighted by Gasteiger charge is -2.16. The summed E-state index contributed by atoms with van der Waals surface area (Å²) in [4.78, 5) is 37.3. The first-order valence-electron chi connectivity index (χ1n) is 7.99. The summed E-state index contributed by atoms with van der Waals surface area (Å²) >= 11 is 0. The number of nitrogens with zero attached hydrogens (tertiary/aromatic N) is 1. The summed E-state index contributed by atoms with van der Waals surface area (Å²) in [5.41, 5.74) is 1.48. The maximum absolute atomic E-state index is 12.4. The number of imidazole rings is 1. The van der Waals surface area contributed by atoms with Gasteiger partial charge in [0.05, 0.1) is 12.0 Å². The number of hydrogen-bond acceptors (Lipinski definition) is 3. The van der Waals surface area contributed by atoms with Crippen molar-refractivity contribution in [2.75, 3.05) is 0 Å². The first kappa shape index (κ1) is 16.7. The van der Waals surface area contributed by atoms with Crippen molar-refractivity contribution in [2.24, 2.45) is 0 Å². The van der Waals surface area contributed by atoms with E-state index in [-0.39, 0.29) is 27.2 Å². The summed E-state index contributed by atoms with van der Waals surface area (Å²) < 4.78 is 0. The molecular formula is C19H20N4O2. The maximum atomic E-state index is 12.4. The molecule has 3 rings (SSSR count). The van der Waals surface area contributed by atoms with Crippen LogP contribution in [0, 0.1) is 0 Å². The Morgan fingerprint density at radius 1 is 0.920 bits per heavy atom. The van der Waals surface area contributed by atoms with Crippen LogP contribution in [0.1, 0.15) is 37.7 Å². The summed E-state index contributed by atoms with van der Waals surface area (Å²) in [5, 5.41) is 0.388. The highest BCUT2D eigenvalue weighted by Crippen LogP contribution is 2.22. The van der Waals surface area contributed by atoms with Crippen molar-refractivity contribution in [3.8, 4) is 0 Å². The van der Waals surface area contributed by atoms with Crippen molar-refractivity contribution in [3.05, 3.63) is 85.0 Å². The first-order chi connectivity index (χ1) is 11.8. The molecule has 0 atom stereocenters. The molecule has 3 N–H and O–H groups in total. The molecule has 0 bridgehead atoms. The minimum Gasteiger partial charge on any atom is -0.348 e. The largest absolute Gasteiger partial charge is 0.348 e. The topological polar surface area (TPSA) is 94.4 Å². The first-order valence-corrected chi connectivity index (χ1v) is 7.99. The molecule has 0 spiro atoms. The van der Waals surface area contributed by atoms with Gasteiger partial charge in [-0.15, -0.1) is 0 Å². The van der Waals surface area contributed by atoms with Gasteiger partial charge in [-0.25, -0.2) is 4.98 Å². The zero-order chi connectivity index (χ0) is 18.0. The molecule has 6 heteroatoms. The second-order valence-corrected chi connectivity index (χ2v) is 6.85. The zero-order valence-electron chi connectivity index (χ0n) is 14.4. The standard InChI is InChI=1S/C19H20N4O2/c1-19(2,3)16-13(20-11-21-16)10-15-18(25)22-14(17(24)23-15)9-12-7-5-4-6-8-12/h4-11H,1-3H3,(H,20,21)(H,22,25)(H,23,24)/b14-9+,15-10?. The SMILES string of the molecule is CC(C)(C)c1[nH]cnc1C=c1[nH]c(=O)/c(=C\c2ccccc2)[nH]c1=O. The minimum atomic E-state index is -0.371. The lowest BCUT2D eigenvalue weighted by Crippen LogP contribution is -2.46. The molecule has 2 heterocycles. The molecule has 3 aromatic rings. The van der Waals surface area contributed by atoms with E-state index in [2.05, 4.69) is 19.9 Å². The Morgan fingerprint density at radius 3 is 2.12 bits per heavy atom. The molecule has 2 aromatic heterocycles. The normalized spacial score (nSPS) is 13.4. The molecule has 0 aliphatic carbocycles. The monoisotopic (exact) mass is 336 g/mol. The van der Waals surface area contributed by atoms with Crippen LogP contribution in [0.5, 0.6) is 0 Å². The van der Waals surface area contributed by atoms with Gasteiger partial charge in [-0.1, -0.05) is 51.1 Å². The lowest BCUT2D eigenvalue weighted by atomic mass is 9.90. The van der Waals surface area contributed by atoms with Crippen molar-refractivity contribution in [1.82, 2.24) is 19.9 Å². The van der Waals surface area contributed by atoms with Gasteiger partial charge in [0.15, 0.2) is 0 Å². The Kier molecular flexibility index (Phi) is 4.27. The van der Waals surface area contributed by atoms with Crippen LogP contribution < -0.4 is 21.8 Å². The van der Waals surface area contributed by atoms with Crippen molar-refractivity contribution in [2.45, 2.75) is 26.2 Å². The van der Waals surface area contributed by atoms with Crippen LogP contribution in [0.25, 0.3) is 12.2 Å². The Labute approximate surface area is 144 Å². The van der Waals surface area contributed by atoms with Crippen LogP contribution in [0.15, 0.2) is 46.2 Å². The van der Waals surface area contributed by atoms with Gasteiger partial charge in [-0.2, -0.15) is 0 Å². The van der Waals surface area contributed by atoms with Crippen LogP contribution in [-0.4, -0.2) is 19.9 Å². The van der Waals surface area contributed by atoms with Gasteiger partial charge in [-0.05, 0) is 17.7 Å². The van der Waals surface area contributed by atoms with Crippen molar-refractivity contribution in [3.63, 3.8) is 0 Å². The van der Waals surface area contributed by atoms with E-state index in [1.807, 2.05) is 51.1 Å². The third-order valence-corrected chi connectivity index (χ3v) is 3.80. The molecule has 1 aromatic carbocycles. The third-order valence-electron chi connectivity index (χ3n) is 3.80. The second kappa shape index (κ2) is 6.39. The molecule has 6 nitrogen and oxygen atoms in total.